The molecule has 1 N–H and O–H groups in total. The Balaban J connectivity index is 1.59. The second-order valence-corrected chi connectivity index (χ2v) is 8.08. The first-order valence-corrected chi connectivity index (χ1v) is 11.9. The van der Waals surface area contributed by atoms with E-state index in [1.54, 1.807) is 35.0 Å². The Morgan fingerprint density at radius 2 is 1.59 bits per heavy atom. The van der Waals surface area contributed by atoms with Crippen molar-refractivity contribution in [3.8, 4) is 34.6 Å². The van der Waals surface area contributed by atoms with Crippen LogP contribution in [-0.4, -0.2) is 54.7 Å². The van der Waals surface area contributed by atoms with E-state index in [2.05, 4.69) is 15.4 Å². The Morgan fingerprint density at radius 3 is 2.22 bits per heavy atom. The molecule has 0 aliphatic carbocycles. The molecule has 1 heterocycles. The molecule has 0 spiro atoms. The van der Waals surface area contributed by atoms with Gasteiger partial charge in [-0.15, -0.1) is 5.10 Å². The van der Waals surface area contributed by atoms with E-state index in [-0.39, 0.29) is 11.9 Å². The van der Waals surface area contributed by atoms with Gasteiger partial charge in [-0.3, -0.25) is 4.79 Å². The summed E-state index contributed by atoms with van der Waals surface area (Å²) in [5.41, 5.74) is 3.74. The molecule has 0 aliphatic heterocycles. The molecule has 0 radical (unpaired) electrons. The number of aromatic nitrogens is 3. The van der Waals surface area contributed by atoms with Gasteiger partial charge in [0.15, 0.2) is 5.82 Å². The third-order valence-electron chi connectivity index (χ3n) is 5.59. The van der Waals surface area contributed by atoms with Crippen LogP contribution < -0.4 is 19.5 Å². The van der Waals surface area contributed by atoms with Crippen molar-refractivity contribution in [1.29, 1.82) is 0 Å². The van der Waals surface area contributed by atoms with E-state index in [1.807, 2.05) is 50.2 Å². The molecular weight excluding hydrogens is 472 g/mol. The SMILES string of the molecule is CCOCCOc1nc(-c2ccc(C)cc2)n(-c2ccc(NC(=O)c3c(OC)cccc3OC)cc2)n1. The topological polar surface area (TPSA) is 96.7 Å². The Bertz CT molecular complexity index is 1310. The lowest BCUT2D eigenvalue weighted by Gasteiger charge is -2.13. The highest BCUT2D eigenvalue weighted by atomic mass is 16.5. The van der Waals surface area contributed by atoms with Crippen LogP contribution in [0, 0.1) is 6.92 Å². The summed E-state index contributed by atoms with van der Waals surface area (Å²) in [4.78, 5) is 17.6. The minimum Gasteiger partial charge on any atom is -0.496 e. The number of anilines is 1. The summed E-state index contributed by atoms with van der Waals surface area (Å²) in [5, 5.41) is 7.47. The molecule has 0 bridgehead atoms. The van der Waals surface area contributed by atoms with Gasteiger partial charge in [-0.1, -0.05) is 35.9 Å². The number of hydrogen-bond acceptors (Lipinski definition) is 7. The molecular formula is C28H30N4O5. The van der Waals surface area contributed by atoms with Gasteiger partial charge in [0.2, 0.25) is 0 Å². The number of carbonyl (C=O) groups is 1. The number of nitrogens with one attached hydrogen (secondary N) is 1. The molecule has 192 valence electrons. The quantitative estimate of drug-likeness (QED) is 0.291. The molecule has 4 rings (SSSR count). The van der Waals surface area contributed by atoms with Crippen molar-refractivity contribution in [3.63, 3.8) is 0 Å². The zero-order chi connectivity index (χ0) is 26.2. The molecule has 9 heteroatoms. The van der Waals surface area contributed by atoms with Crippen LogP contribution in [0.2, 0.25) is 0 Å². The molecule has 4 aromatic rings. The first-order chi connectivity index (χ1) is 18.0. The van der Waals surface area contributed by atoms with Gasteiger partial charge in [0, 0.05) is 17.9 Å². The Kier molecular flexibility index (Phi) is 8.37. The van der Waals surface area contributed by atoms with Crippen molar-refractivity contribution in [2.45, 2.75) is 13.8 Å². The van der Waals surface area contributed by atoms with Gasteiger partial charge < -0.3 is 24.3 Å². The number of methoxy groups -OCH3 is 2. The van der Waals surface area contributed by atoms with E-state index in [4.69, 9.17) is 18.9 Å². The van der Waals surface area contributed by atoms with E-state index in [0.717, 1.165) is 16.8 Å². The third kappa shape index (κ3) is 6.07. The Labute approximate surface area is 216 Å². The maximum Gasteiger partial charge on any atom is 0.336 e. The summed E-state index contributed by atoms with van der Waals surface area (Å²) in [7, 11) is 3.03. The van der Waals surface area contributed by atoms with Crippen LogP contribution in [0.5, 0.6) is 17.5 Å². The predicted octanol–water partition coefficient (Wildman–Crippen LogP) is 4.93. The average molecular weight is 503 g/mol. The number of amides is 1. The molecule has 9 nitrogen and oxygen atoms in total. The molecule has 0 atom stereocenters. The van der Waals surface area contributed by atoms with Gasteiger partial charge in [0.25, 0.3) is 5.91 Å². The first-order valence-electron chi connectivity index (χ1n) is 11.9. The summed E-state index contributed by atoms with van der Waals surface area (Å²) in [6.07, 6.45) is 0. The molecule has 1 amide bonds. The summed E-state index contributed by atoms with van der Waals surface area (Å²) in [5.74, 6) is 1.15. The number of carbonyl (C=O) groups excluding carboxylic acids is 1. The van der Waals surface area contributed by atoms with Crippen LogP contribution in [0.3, 0.4) is 0 Å². The van der Waals surface area contributed by atoms with Crippen LogP contribution in [-0.2, 0) is 4.74 Å². The Morgan fingerprint density at radius 1 is 0.919 bits per heavy atom. The summed E-state index contributed by atoms with van der Waals surface area (Å²) < 4.78 is 23.5. The fraction of sp³-hybridized carbons (Fsp3) is 0.250. The standard InChI is InChI=1S/C28H30N4O5/c1-5-36-17-18-37-28-30-26(20-11-9-19(2)10-12-20)32(31-28)22-15-13-21(14-16-22)29-27(33)25-23(34-3)7-6-8-24(25)35-4/h6-16H,5,17-18H2,1-4H3,(H,29,33). The zero-order valence-corrected chi connectivity index (χ0v) is 21.4. The smallest absolute Gasteiger partial charge is 0.336 e. The van der Waals surface area contributed by atoms with Crippen LogP contribution in [0.4, 0.5) is 5.69 Å². The zero-order valence-electron chi connectivity index (χ0n) is 21.4. The third-order valence-corrected chi connectivity index (χ3v) is 5.59. The van der Waals surface area contributed by atoms with Gasteiger partial charge in [-0.05, 0) is 50.2 Å². The number of aryl methyl sites for hydroxylation is 1. The van der Waals surface area contributed by atoms with Crippen LogP contribution >= 0.6 is 0 Å². The summed E-state index contributed by atoms with van der Waals surface area (Å²) >= 11 is 0. The Hall–Kier alpha value is -4.37. The van der Waals surface area contributed by atoms with Gasteiger partial charge in [0.05, 0.1) is 26.5 Å². The van der Waals surface area contributed by atoms with E-state index in [9.17, 15) is 4.79 Å². The lowest BCUT2D eigenvalue weighted by Crippen LogP contribution is -2.14. The number of hydrogen-bond donors (Lipinski definition) is 1. The minimum atomic E-state index is -0.340. The second kappa shape index (κ2) is 12.0. The van der Waals surface area contributed by atoms with E-state index >= 15 is 0 Å². The molecule has 0 saturated carbocycles. The van der Waals surface area contributed by atoms with Gasteiger partial charge in [0.1, 0.15) is 23.7 Å². The largest absolute Gasteiger partial charge is 0.496 e. The highest BCUT2D eigenvalue weighted by molar-refractivity contribution is 6.08. The maximum atomic E-state index is 13.0. The monoisotopic (exact) mass is 502 g/mol. The van der Waals surface area contributed by atoms with Gasteiger partial charge >= 0.3 is 6.01 Å². The second-order valence-electron chi connectivity index (χ2n) is 8.08. The average Bonchev–Trinajstić information content (AvgIpc) is 3.35. The van der Waals surface area contributed by atoms with Crippen molar-refractivity contribution in [3.05, 3.63) is 77.9 Å². The summed E-state index contributed by atoms with van der Waals surface area (Å²) in [6, 6.07) is 20.8. The minimum absolute atomic E-state index is 0.260. The number of ether oxygens (including phenoxy) is 4. The predicted molar refractivity (Wildman–Crippen MR) is 141 cm³/mol. The van der Waals surface area contributed by atoms with E-state index in [1.165, 1.54) is 14.2 Å². The molecule has 0 unspecified atom stereocenters. The lowest BCUT2D eigenvalue weighted by atomic mass is 10.1. The van der Waals surface area contributed by atoms with Crippen molar-refractivity contribution >= 4 is 11.6 Å². The van der Waals surface area contributed by atoms with Crippen LogP contribution in [0.1, 0.15) is 22.8 Å². The van der Waals surface area contributed by atoms with Gasteiger partial charge in [-0.25, -0.2) is 4.68 Å². The highest BCUT2D eigenvalue weighted by Crippen LogP contribution is 2.30. The van der Waals surface area contributed by atoms with Crippen molar-refractivity contribution in [2.75, 3.05) is 39.4 Å². The molecule has 0 fully saturated rings. The van der Waals surface area contributed by atoms with E-state index in [0.29, 0.717) is 48.4 Å². The fourth-order valence-corrected chi connectivity index (χ4v) is 3.71. The number of benzene rings is 3. The molecule has 3 aromatic carbocycles. The maximum absolute atomic E-state index is 13.0. The molecule has 0 aliphatic rings. The highest BCUT2D eigenvalue weighted by Gasteiger charge is 2.19. The number of rotatable bonds is 11. The lowest BCUT2D eigenvalue weighted by molar-refractivity contribution is 0.102. The van der Waals surface area contributed by atoms with Crippen LogP contribution in [0.15, 0.2) is 66.7 Å². The van der Waals surface area contributed by atoms with Crippen molar-refractivity contribution in [2.24, 2.45) is 0 Å². The molecule has 1 aromatic heterocycles. The van der Waals surface area contributed by atoms with Crippen molar-refractivity contribution in [1.82, 2.24) is 14.8 Å². The summed E-state index contributed by atoms with van der Waals surface area (Å²) in [6.45, 7) is 5.39. The normalized spacial score (nSPS) is 10.7. The van der Waals surface area contributed by atoms with Crippen molar-refractivity contribution < 1.29 is 23.7 Å². The number of nitrogens with zero attached hydrogens (tertiary/aromatic N) is 3. The van der Waals surface area contributed by atoms with Crippen LogP contribution in [0.25, 0.3) is 17.1 Å². The van der Waals surface area contributed by atoms with E-state index < -0.39 is 0 Å². The molecule has 37 heavy (non-hydrogen) atoms. The first kappa shape index (κ1) is 25.7. The molecule has 0 saturated heterocycles. The fourth-order valence-electron chi connectivity index (χ4n) is 3.71. The van der Waals surface area contributed by atoms with Gasteiger partial charge in [-0.2, -0.15) is 4.98 Å².